The predicted octanol–water partition coefficient (Wildman–Crippen LogP) is 1.44. The van der Waals surface area contributed by atoms with E-state index in [2.05, 4.69) is 12.2 Å². The highest BCUT2D eigenvalue weighted by molar-refractivity contribution is 5.75. The molecule has 0 aromatic heterocycles. The van der Waals surface area contributed by atoms with E-state index in [1.807, 2.05) is 0 Å². The molecule has 1 fully saturated rings. The SMILES string of the molecule is CC(CN)CCC(=O)NCCC1CCCCO1. The van der Waals surface area contributed by atoms with E-state index in [-0.39, 0.29) is 5.91 Å². The summed E-state index contributed by atoms with van der Waals surface area (Å²) >= 11 is 0. The summed E-state index contributed by atoms with van der Waals surface area (Å²) in [4.78, 5) is 11.5. The van der Waals surface area contributed by atoms with Gasteiger partial charge in [0.1, 0.15) is 0 Å². The number of nitrogens with one attached hydrogen (secondary N) is 1. The fourth-order valence-corrected chi connectivity index (χ4v) is 1.99. The Morgan fingerprint density at radius 1 is 1.53 bits per heavy atom. The molecule has 1 saturated heterocycles. The van der Waals surface area contributed by atoms with Gasteiger partial charge in [0, 0.05) is 19.6 Å². The average molecular weight is 242 g/mol. The molecule has 0 spiro atoms. The Morgan fingerprint density at radius 2 is 2.35 bits per heavy atom. The standard InChI is InChI=1S/C13H26N2O2/c1-11(10-14)5-6-13(16)15-8-7-12-4-2-3-9-17-12/h11-12H,2-10,14H2,1H3,(H,15,16). The summed E-state index contributed by atoms with van der Waals surface area (Å²) in [7, 11) is 0. The highest BCUT2D eigenvalue weighted by Gasteiger charge is 2.13. The van der Waals surface area contributed by atoms with Gasteiger partial charge < -0.3 is 15.8 Å². The van der Waals surface area contributed by atoms with Crippen LogP contribution in [0.2, 0.25) is 0 Å². The Bertz CT molecular complexity index is 215. The van der Waals surface area contributed by atoms with E-state index >= 15 is 0 Å². The summed E-state index contributed by atoms with van der Waals surface area (Å²) in [6.45, 7) is 4.35. The predicted molar refractivity (Wildman–Crippen MR) is 68.7 cm³/mol. The minimum Gasteiger partial charge on any atom is -0.378 e. The zero-order chi connectivity index (χ0) is 12.5. The van der Waals surface area contributed by atoms with Crippen molar-refractivity contribution in [2.24, 2.45) is 11.7 Å². The van der Waals surface area contributed by atoms with Crippen molar-refractivity contribution in [3.8, 4) is 0 Å². The minimum absolute atomic E-state index is 0.140. The molecular weight excluding hydrogens is 216 g/mol. The van der Waals surface area contributed by atoms with Gasteiger partial charge in [0.2, 0.25) is 5.91 Å². The molecule has 0 aromatic carbocycles. The van der Waals surface area contributed by atoms with Crippen LogP contribution >= 0.6 is 0 Å². The fraction of sp³-hybridized carbons (Fsp3) is 0.923. The van der Waals surface area contributed by atoms with Gasteiger partial charge in [-0.15, -0.1) is 0 Å². The Morgan fingerprint density at radius 3 is 3.00 bits per heavy atom. The lowest BCUT2D eigenvalue weighted by Gasteiger charge is -2.22. The van der Waals surface area contributed by atoms with E-state index in [4.69, 9.17) is 10.5 Å². The number of amides is 1. The average Bonchev–Trinajstić information content (AvgIpc) is 2.37. The number of hydrogen-bond acceptors (Lipinski definition) is 3. The first-order valence-corrected chi connectivity index (χ1v) is 6.80. The Labute approximate surface area is 104 Å². The summed E-state index contributed by atoms with van der Waals surface area (Å²) in [5.74, 6) is 0.573. The van der Waals surface area contributed by atoms with Crippen LogP contribution in [0.25, 0.3) is 0 Å². The van der Waals surface area contributed by atoms with E-state index < -0.39 is 0 Å². The van der Waals surface area contributed by atoms with E-state index in [1.165, 1.54) is 12.8 Å². The van der Waals surface area contributed by atoms with E-state index in [1.54, 1.807) is 0 Å². The molecule has 0 radical (unpaired) electrons. The zero-order valence-corrected chi connectivity index (χ0v) is 10.9. The lowest BCUT2D eigenvalue weighted by molar-refractivity contribution is -0.121. The molecule has 4 nitrogen and oxygen atoms in total. The molecule has 1 heterocycles. The first-order valence-electron chi connectivity index (χ1n) is 6.80. The molecule has 17 heavy (non-hydrogen) atoms. The van der Waals surface area contributed by atoms with Crippen LogP contribution in [-0.2, 0) is 9.53 Å². The molecule has 2 atom stereocenters. The van der Waals surface area contributed by atoms with Crippen LogP contribution in [0, 0.1) is 5.92 Å². The van der Waals surface area contributed by atoms with E-state index in [0.717, 1.165) is 32.4 Å². The highest BCUT2D eigenvalue weighted by Crippen LogP contribution is 2.14. The Kier molecular flexibility index (Phi) is 7.21. The highest BCUT2D eigenvalue weighted by atomic mass is 16.5. The van der Waals surface area contributed by atoms with Crippen molar-refractivity contribution < 1.29 is 9.53 Å². The quantitative estimate of drug-likeness (QED) is 0.710. The molecule has 1 amide bonds. The molecule has 4 heteroatoms. The monoisotopic (exact) mass is 242 g/mol. The molecule has 100 valence electrons. The number of rotatable bonds is 7. The summed E-state index contributed by atoms with van der Waals surface area (Å²) < 4.78 is 5.61. The first-order chi connectivity index (χ1) is 8.22. The second-order valence-electron chi connectivity index (χ2n) is 5.01. The van der Waals surface area contributed by atoms with Crippen LogP contribution in [0.3, 0.4) is 0 Å². The lowest BCUT2D eigenvalue weighted by atomic mass is 10.1. The van der Waals surface area contributed by atoms with Gasteiger partial charge in [-0.3, -0.25) is 4.79 Å². The van der Waals surface area contributed by atoms with Crippen molar-refractivity contribution in [2.75, 3.05) is 19.7 Å². The molecule has 1 aliphatic rings. The molecule has 0 aliphatic carbocycles. The van der Waals surface area contributed by atoms with Crippen LogP contribution < -0.4 is 11.1 Å². The van der Waals surface area contributed by atoms with Crippen molar-refractivity contribution in [3.63, 3.8) is 0 Å². The summed E-state index contributed by atoms with van der Waals surface area (Å²) in [5.41, 5.74) is 5.51. The molecule has 3 N–H and O–H groups in total. The largest absolute Gasteiger partial charge is 0.378 e. The van der Waals surface area contributed by atoms with Crippen molar-refractivity contribution in [3.05, 3.63) is 0 Å². The Balaban J connectivity index is 1.99. The first kappa shape index (κ1) is 14.5. The fourth-order valence-electron chi connectivity index (χ4n) is 1.99. The van der Waals surface area contributed by atoms with E-state index in [0.29, 0.717) is 25.0 Å². The lowest BCUT2D eigenvalue weighted by Crippen LogP contribution is -2.29. The van der Waals surface area contributed by atoms with Gasteiger partial charge >= 0.3 is 0 Å². The maximum Gasteiger partial charge on any atom is 0.220 e. The van der Waals surface area contributed by atoms with Crippen LogP contribution in [0.5, 0.6) is 0 Å². The zero-order valence-electron chi connectivity index (χ0n) is 10.9. The third-order valence-corrected chi connectivity index (χ3v) is 3.33. The third-order valence-electron chi connectivity index (χ3n) is 3.33. The third kappa shape index (κ3) is 6.64. The van der Waals surface area contributed by atoms with Crippen molar-refractivity contribution >= 4 is 5.91 Å². The number of carbonyl (C=O) groups excluding carboxylic acids is 1. The van der Waals surface area contributed by atoms with Crippen molar-refractivity contribution in [2.45, 2.75) is 51.6 Å². The summed E-state index contributed by atoms with van der Waals surface area (Å²) in [5, 5.41) is 2.95. The normalized spacial score (nSPS) is 22.1. The molecule has 0 bridgehead atoms. The van der Waals surface area contributed by atoms with Gasteiger partial charge in [-0.2, -0.15) is 0 Å². The number of ether oxygens (including phenoxy) is 1. The minimum atomic E-state index is 0.140. The van der Waals surface area contributed by atoms with Crippen molar-refractivity contribution in [1.82, 2.24) is 5.32 Å². The maximum atomic E-state index is 11.5. The molecule has 1 rings (SSSR count). The number of nitrogens with two attached hydrogens (primary N) is 1. The molecule has 0 aromatic rings. The van der Waals surface area contributed by atoms with Crippen LogP contribution in [-0.4, -0.2) is 31.7 Å². The Hall–Kier alpha value is -0.610. The smallest absolute Gasteiger partial charge is 0.220 e. The van der Waals surface area contributed by atoms with Gasteiger partial charge in [0.25, 0.3) is 0 Å². The summed E-state index contributed by atoms with van der Waals surface area (Å²) in [6.07, 6.45) is 6.34. The maximum absolute atomic E-state index is 11.5. The number of carbonyl (C=O) groups is 1. The molecule has 0 saturated carbocycles. The molecule has 2 unspecified atom stereocenters. The number of hydrogen-bond donors (Lipinski definition) is 2. The second-order valence-corrected chi connectivity index (χ2v) is 5.01. The van der Waals surface area contributed by atoms with Crippen LogP contribution in [0.15, 0.2) is 0 Å². The van der Waals surface area contributed by atoms with Crippen molar-refractivity contribution in [1.29, 1.82) is 0 Å². The van der Waals surface area contributed by atoms with Gasteiger partial charge in [0.15, 0.2) is 0 Å². The molecular formula is C13H26N2O2. The van der Waals surface area contributed by atoms with Crippen LogP contribution in [0.1, 0.15) is 45.4 Å². The van der Waals surface area contributed by atoms with Gasteiger partial charge in [-0.1, -0.05) is 6.92 Å². The van der Waals surface area contributed by atoms with E-state index in [9.17, 15) is 4.79 Å². The second kappa shape index (κ2) is 8.48. The topological polar surface area (TPSA) is 64.4 Å². The van der Waals surface area contributed by atoms with Gasteiger partial charge in [-0.05, 0) is 44.6 Å². The molecule has 1 aliphatic heterocycles. The summed E-state index contributed by atoms with van der Waals surface area (Å²) in [6, 6.07) is 0. The van der Waals surface area contributed by atoms with Gasteiger partial charge in [-0.25, -0.2) is 0 Å². The van der Waals surface area contributed by atoms with Crippen LogP contribution in [0.4, 0.5) is 0 Å². The van der Waals surface area contributed by atoms with Gasteiger partial charge in [0.05, 0.1) is 6.10 Å².